The largest absolute Gasteiger partial charge is 0.405 e. The number of hydrogen-bond donors (Lipinski definition) is 1. The summed E-state index contributed by atoms with van der Waals surface area (Å²) in [7, 11) is 0. The van der Waals surface area contributed by atoms with Crippen molar-refractivity contribution >= 4 is 27.9 Å². The molecule has 0 aliphatic carbocycles. The summed E-state index contributed by atoms with van der Waals surface area (Å²) in [5.41, 5.74) is 1.44. The van der Waals surface area contributed by atoms with Gasteiger partial charge in [-0.05, 0) is 52.9 Å². The van der Waals surface area contributed by atoms with Gasteiger partial charge in [-0.2, -0.15) is 0 Å². The summed E-state index contributed by atoms with van der Waals surface area (Å²) in [6.07, 6.45) is 3.48. The highest BCUT2D eigenvalue weighted by molar-refractivity contribution is 9.10. The fourth-order valence-electron chi connectivity index (χ4n) is 3.34. The van der Waals surface area contributed by atoms with Crippen LogP contribution in [0.25, 0.3) is 0 Å². The molecule has 28 heavy (non-hydrogen) atoms. The maximum Gasteiger partial charge on any atom is 0.318 e. The first kappa shape index (κ1) is 18.7. The Balaban J connectivity index is 1.62. The van der Waals surface area contributed by atoms with Gasteiger partial charge in [0.15, 0.2) is 0 Å². The smallest absolute Gasteiger partial charge is 0.318 e. The minimum Gasteiger partial charge on any atom is -0.405 e. The zero-order chi connectivity index (χ0) is 19.3. The van der Waals surface area contributed by atoms with Crippen LogP contribution in [0.4, 0.5) is 6.01 Å². The molecule has 3 aromatic rings. The third-order valence-electron chi connectivity index (χ3n) is 4.83. The van der Waals surface area contributed by atoms with Gasteiger partial charge in [0.1, 0.15) is 6.04 Å². The fourth-order valence-corrected chi connectivity index (χ4v) is 3.81. The molecule has 0 bridgehead atoms. The van der Waals surface area contributed by atoms with Crippen molar-refractivity contribution < 1.29 is 9.21 Å². The quantitative estimate of drug-likeness (QED) is 0.638. The number of amides is 1. The van der Waals surface area contributed by atoms with Gasteiger partial charge < -0.3 is 14.6 Å². The Morgan fingerprint density at radius 1 is 1.00 bits per heavy atom. The molecule has 1 fully saturated rings. The van der Waals surface area contributed by atoms with Crippen LogP contribution >= 0.6 is 15.9 Å². The highest BCUT2D eigenvalue weighted by Crippen LogP contribution is 2.26. The normalized spacial score (nSPS) is 15.2. The third kappa shape index (κ3) is 4.09. The van der Waals surface area contributed by atoms with E-state index in [0.29, 0.717) is 17.5 Å². The zero-order valence-corrected chi connectivity index (χ0v) is 16.9. The number of nitrogens with zero attached hydrogens (tertiary/aromatic N) is 3. The molecule has 2 heterocycles. The van der Waals surface area contributed by atoms with Gasteiger partial charge in [0, 0.05) is 17.6 Å². The molecule has 1 saturated heterocycles. The van der Waals surface area contributed by atoms with E-state index in [2.05, 4.69) is 36.3 Å². The molecule has 1 aliphatic heterocycles. The Bertz CT molecular complexity index is 938. The van der Waals surface area contributed by atoms with Gasteiger partial charge in [-0.15, -0.1) is 5.10 Å². The molecule has 4 rings (SSSR count). The average molecular weight is 441 g/mol. The predicted octanol–water partition coefficient (Wildman–Crippen LogP) is 4.34. The number of carbonyl (C=O) groups is 1. The second-order valence-electron chi connectivity index (χ2n) is 6.77. The van der Waals surface area contributed by atoms with Gasteiger partial charge in [0.2, 0.25) is 5.89 Å². The Kier molecular flexibility index (Phi) is 5.71. The van der Waals surface area contributed by atoms with Gasteiger partial charge in [0.05, 0.1) is 5.56 Å². The van der Waals surface area contributed by atoms with Crippen molar-refractivity contribution in [2.45, 2.75) is 25.3 Å². The lowest BCUT2D eigenvalue weighted by Crippen LogP contribution is -2.30. The second-order valence-corrected chi connectivity index (χ2v) is 7.62. The van der Waals surface area contributed by atoms with Crippen molar-refractivity contribution in [2.75, 3.05) is 18.0 Å². The number of aromatic nitrogens is 2. The van der Waals surface area contributed by atoms with Crippen molar-refractivity contribution in [3.63, 3.8) is 0 Å². The predicted molar refractivity (Wildman–Crippen MR) is 110 cm³/mol. The number of nitrogens with one attached hydrogen (secondary N) is 1. The van der Waals surface area contributed by atoms with E-state index in [4.69, 9.17) is 4.42 Å². The first-order valence-corrected chi connectivity index (χ1v) is 10.2. The van der Waals surface area contributed by atoms with Crippen molar-refractivity contribution in [3.05, 3.63) is 76.1 Å². The number of benzene rings is 2. The Morgan fingerprint density at radius 2 is 1.71 bits per heavy atom. The molecule has 144 valence electrons. The van der Waals surface area contributed by atoms with Gasteiger partial charge in [-0.25, -0.2) is 0 Å². The number of hydrogen-bond acceptors (Lipinski definition) is 5. The summed E-state index contributed by atoms with van der Waals surface area (Å²) in [6.45, 7) is 1.84. The number of carbonyl (C=O) groups excluding carboxylic acids is 1. The van der Waals surface area contributed by atoms with E-state index in [-0.39, 0.29) is 5.91 Å². The van der Waals surface area contributed by atoms with Crippen LogP contribution in [0.15, 0.2) is 63.5 Å². The molecule has 7 heteroatoms. The van der Waals surface area contributed by atoms with Crippen molar-refractivity contribution in [1.82, 2.24) is 15.5 Å². The van der Waals surface area contributed by atoms with Gasteiger partial charge >= 0.3 is 6.01 Å². The van der Waals surface area contributed by atoms with Crippen LogP contribution in [0.3, 0.4) is 0 Å². The molecule has 1 amide bonds. The van der Waals surface area contributed by atoms with E-state index in [1.165, 1.54) is 6.42 Å². The summed E-state index contributed by atoms with van der Waals surface area (Å²) in [5.74, 6) is 0.172. The second kappa shape index (κ2) is 8.56. The number of halogens is 1. The molecule has 1 atom stereocenters. The van der Waals surface area contributed by atoms with Crippen LogP contribution in [0.1, 0.15) is 47.1 Å². The number of piperidine rings is 1. The lowest BCUT2D eigenvalue weighted by atomic mass is 10.1. The maximum absolute atomic E-state index is 12.9. The van der Waals surface area contributed by atoms with Crippen LogP contribution in [-0.2, 0) is 0 Å². The topological polar surface area (TPSA) is 71.3 Å². The highest BCUT2D eigenvalue weighted by atomic mass is 79.9. The van der Waals surface area contributed by atoms with E-state index in [1.54, 1.807) is 6.07 Å². The van der Waals surface area contributed by atoms with E-state index in [1.807, 2.05) is 48.5 Å². The highest BCUT2D eigenvalue weighted by Gasteiger charge is 2.26. The lowest BCUT2D eigenvalue weighted by Gasteiger charge is -2.24. The summed E-state index contributed by atoms with van der Waals surface area (Å²) < 4.78 is 6.72. The van der Waals surface area contributed by atoms with Crippen LogP contribution in [0, 0.1) is 0 Å². The van der Waals surface area contributed by atoms with E-state index in [9.17, 15) is 4.79 Å². The Labute approximate surface area is 172 Å². The standard InChI is InChI=1S/C21H21BrN4O2/c22-17-12-6-5-11-16(17)19(27)23-18(15-9-3-1-4-10-15)20-24-25-21(28-20)26-13-7-2-8-14-26/h1,3-6,9-12,18H,2,7-8,13-14H2,(H,23,27)/t18-/m1/s1. The molecule has 2 aromatic carbocycles. The first-order valence-electron chi connectivity index (χ1n) is 9.41. The molecular weight excluding hydrogens is 420 g/mol. The number of rotatable bonds is 5. The van der Waals surface area contributed by atoms with Crippen LogP contribution in [-0.4, -0.2) is 29.2 Å². The van der Waals surface area contributed by atoms with Crippen LogP contribution in [0.5, 0.6) is 0 Å². The van der Waals surface area contributed by atoms with Crippen LogP contribution in [0.2, 0.25) is 0 Å². The lowest BCUT2D eigenvalue weighted by molar-refractivity contribution is 0.0937. The monoisotopic (exact) mass is 440 g/mol. The molecule has 0 spiro atoms. The summed E-state index contributed by atoms with van der Waals surface area (Å²) >= 11 is 3.44. The molecule has 0 saturated carbocycles. The SMILES string of the molecule is O=C(N[C@H](c1ccccc1)c1nnc(N2CCCCC2)o1)c1ccccc1Br. The Morgan fingerprint density at radius 3 is 2.46 bits per heavy atom. The number of anilines is 1. The van der Waals surface area contributed by atoms with E-state index >= 15 is 0 Å². The molecule has 1 aromatic heterocycles. The molecule has 0 radical (unpaired) electrons. The minimum atomic E-state index is -0.521. The first-order chi connectivity index (χ1) is 13.7. The Hall–Kier alpha value is -2.67. The van der Waals surface area contributed by atoms with Crippen molar-refractivity contribution in [1.29, 1.82) is 0 Å². The molecule has 1 N–H and O–H groups in total. The molecule has 6 nitrogen and oxygen atoms in total. The zero-order valence-electron chi connectivity index (χ0n) is 15.3. The maximum atomic E-state index is 12.9. The fraction of sp³-hybridized carbons (Fsp3) is 0.286. The molecule has 0 unspecified atom stereocenters. The van der Waals surface area contributed by atoms with Gasteiger partial charge in [-0.3, -0.25) is 4.79 Å². The summed E-state index contributed by atoms with van der Waals surface area (Å²) in [6, 6.07) is 17.0. The minimum absolute atomic E-state index is 0.209. The van der Waals surface area contributed by atoms with Crippen molar-refractivity contribution in [3.8, 4) is 0 Å². The van der Waals surface area contributed by atoms with E-state index < -0.39 is 6.04 Å². The van der Waals surface area contributed by atoms with Gasteiger partial charge in [0.25, 0.3) is 5.91 Å². The van der Waals surface area contributed by atoms with E-state index in [0.717, 1.165) is 36.0 Å². The average Bonchev–Trinajstić information content (AvgIpc) is 3.23. The van der Waals surface area contributed by atoms with Gasteiger partial charge in [-0.1, -0.05) is 47.6 Å². The molecule has 1 aliphatic rings. The van der Waals surface area contributed by atoms with Crippen LogP contribution < -0.4 is 10.2 Å². The summed E-state index contributed by atoms with van der Waals surface area (Å²) in [5, 5.41) is 11.5. The molecular formula is C21H21BrN4O2. The summed E-state index contributed by atoms with van der Waals surface area (Å²) in [4.78, 5) is 15.0. The third-order valence-corrected chi connectivity index (χ3v) is 5.52. The van der Waals surface area contributed by atoms with Crippen molar-refractivity contribution in [2.24, 2.45) is 0 Å².